The smallest absolute Gasteiger partial charge is 0.442 e. The average Bonchev–Trinajstić information content (AvgIpc) is 3.17. The van der Waals surface area contributed by atoms with Gasteiger partial charge in [0.15, 0.2) is 17.3 Å². The molecular weight excluding hydrogens is 406 g/mol. The second-order valence-electron chi connectivity index (χ2n) is 6.39. The van der Waals surface area contributed by atoms with Crippen molar-refractivity contribution in [1.82, 2.24) is 9.72 Å². The van der Waals surface area contributed by atoms with Gasteiger partial charge >= 0.3 is 11.7 Å². The van der Waals surface area contributed by atoms with Crippen molar-refractivity contribution >= 4 is 17.6 Å². The Kier molecular flexibility index (Phi) is 6.39. The summed E-state index contributed by atoms with van der Waals surface area (Å²) in [6, 6.07) is 11.4. The number of likely N-dealkylation sites (N-methyl/N-ethyl adjacent to an activating group) is 1. The number of hydrogen-bond donors (Lipinski definition) is 0. The maximum absolute atomic E-state index is 12.9. The van der Waals surface area contributed by atoms with Gasteiger partial charge in [-0.15, -0.1) is 0 Å². The molecule has 0 fully saturated rings. The van der Waals surface area contributed by atoms with Crippen LogP contribution in [0.3, 0.4) is 0 Å². The average molecular weight is 427 g/mol. The number of carbonyl (C=O) groups is 2. The van der Waals surface area contributed by atoms with Crippen LogP contribution >= 0.6 is 0 Å². The van der Waals surface area contributed by atoms with E-state index in [-0.39, 0.29) is 17.9 Å². The third-order valence-corrected chi connectivity index (χ3v) is 4.67. The molecule has 1 amide bonds. The third kappa shape index (κ3) is 4.27. The van der Waals surface area contributed by atoms with Crippen LogP contribution in [0.5, 0.6) is 11.5 Å². The van der Waals surface area contributed by atoms with Crippen LogP contribution in [-0.4, -0.2) is 50.0 Å². The molecule has 0 aliphatic heterocycles. The van der Waals surface area contributed by atoms with Crippen LogP contribution in [0.2, 0.25) is 0 Å². The molecule has 1 aromatic heterocycles. The second-order valence-corrected chi connectivity index (χ2v) is 6.39. The van der Waals surface area contributed by atoms with Gasteiger partial charge in [0.05, 0.1) is 32.6 Å². The third-order valence-electron chi connectivity index (χ3n) is 4.67. The number of anilines is 1. The molecule has 0 saturated carbocycles. The maximum Gasteiger partial charge on any atom is 0.442 e. The van der Waals surface area contributed by atoms with Crippen molar-refractivity contribution in [2.75, 3.05) is 33.3 Å². The van der Waals surface area contributed by atoms with E-state index in [1.54, 1.807) is 42.5 Å². The number of carbonyl (C=O) groups excluding carboxylic acids is 2. The molecule has 3 aromatic rings. The second kappa shape index (κ2) is 9.16. The van der Waals surface area contributed by atoms with Crippen LogP contribution in [0.1, 0.15) is 10.4 Å². The van der Waals surface area contributed by atoms with Gasteiger partial charge in [-0.1, -0.05) is 17.3 Å². The minimum atomic E-state index is -0.798. The molecule has 0 spiro atoms. The summed E-state index contributed by atoms with van der Waals surface area (Å²) in [5.41, 5.74) is 1.06. The predicted octanol–water partition coefficient (Wildman–Crippen LogP) is 1.97. The van der Waals surface area contributed by atoms with Crippen molar-refractivity contribution in [2.45, 2.75) is 6.54 Å². The van der Waals surface area contributed by atoms with Crippen LogP contribution in [0, 0.1) is 0 Å². The van der Waals surface area contributed by atoms with E-state index in [2.05, 4.69) is 5.16 Å². The summed E-state index contributed by atoms with van der Waals surface area (Å²) in [5.74, 6) is -0.773. The van der Waals surface area contributed by atoms with Gasteiger partial charge in [0.2, 0.25) is 5.91 Å². The van der Waals surface area contributed by atoms with Gasteiger partial charge in [0, 0.05) is 12.6 Å². The summed E-state index contributed by atoms with van der Waals surface area (Å²) in [4.78, 5) is 38.5. The molecule has 162 valence electrons. The van der Waals surface area contributed by atoms with Gasteiger partial charge in [0.1, 0.15) is 6.54 Å². The minimum absolute atomic E-state index is 0.147. The van der Waals surface area contributed by atoms with Gasteiger partial charge in [-0.25, -0.2) is 14.2 Å². The van der Waals surface area contributed by atoms with Crippen molar-refractivity contribution in [2.24, 2.45) is 0 Å². The number of hydrogen-bond acceptors (Lipinski definition) is 8. The molecule has 1 heterocycles. The molecule has 31 heavy (non-hydrogen) atoms. The summed E-state index contributed by atoms with van der Waals surface area (Å²) < 4.78 is 21.1. The van der Waals surface area contributed by atoms with E-state index >= 15 is 0 Å². The predicted molar refractivity (Wildman–Crippen MR) is 110 cm³/mol. The van der Waals surface area contributed by atoms with Crippen LogP contribution < -0.4 is 20.1 Å². The Morgan fingerprint density at radius 1 is 1.06 bits per heavy atom. The molecule has 10 heteroatoms. The van der Waals surface area contributed by atoms with Crippen molar-refractivity contribution in [3.05, 3.63) is 58.6 Å². The van der Waals surface area contributed by atoms with E-state index in [1.807, 2.05) is 0 Å². The Morgan fingerprint density at radius 2 is 1.77 bits per heavy atom. The first-order chi connectivity index (χ1) is 14.9. The fraction of sp³-hybridized carbons (Fsp3) is 0.238. The van der Waals surface area contributed by atoms with E-state index in [9.17, 15) is 14.4 Å². The lowest BCUT2D eigenvalue weighted by Crippen LogP contribution is -2.34. The van der Waals surface area contributed by atoms with Crippen molar-refractivity contribution in [3.8, 4) is 22.9 Å². The van der Waals surface area contributed by atoms with Crippen LogP contribution in [0.15, 0.2) is 51.8 Å². The van der Waals surface area contributed by atoms with Crippen LogP contribution in [0.25, 0.3) is 11.4 Å². The zero-order valence-electron chi connectivity index (χ0n) is 17.4. The van der Waals surface area contributed by atoms with E-state index in [0.717, 1.165) is 4.57 Å². The first kappa shape index (κ1) is 21.6. The van der Waals surface area contributed by atoms with Crippen LogP contribution in [0.4, 0.5) is 5.69 Å². The highest BCUT2D eigenvalue weighted by molar-refractivity contribution is 6.02. The van der Waals surface area contributed by atoms with E-state index in [1.165, 1.54) is 33.3 Å². The van der Waals surface area contributed by atoms with Crippen molar-refractivity contribution in [3.63, 3.8) is 0 Å². The van der Waals surface area contributed by atoms with Crippen LogP contribution in [-0.2, 0) is 16.1 Å². The number of ether oxygens (including phenoxy) is 3. The molecule has 0 unspecified atom stereocenters. The normalized spacial score (nSPS) is 10.5. The molecule has 0 N–H and O–H groups in total. The molecule has 0 radical (unpaired) electrons. The zero-order chi connectivity index (χ0) is 22.5. The highest BCUT2D eigenvalue weighted by Gasteiger charge is 2.22. The molecule has 0 saturated heterocycles. The summed E-state index contributed by atoms with van der Waals surface area (Å²) in [6.45, 7) is -0.363. The zero-order valence-corrected chi connectivity index (χ0v) is 17.4. The molecule has 3 rings (SSSR count). The van der Waals surface area contributed by atoms with E-state index in [4.69, 9.17) is 18.7 Å². The number of para-hydroxylation sites is 1. The van der Waals surface area contributed by atoms with E-state index in [0.29, 0.717) is 22.7 Å². The Balaban J connectivity index is 1.93. The summed E-state index contributed by atoms with van der Waals surface area (Å²) in [6.07, 6.45) is 0. The lowest BCUT2D eigenvalue weighted by Gasteiger charge is -2.20. The number of amides is 1. The Morgan fingerprint density at radius 3 is 2.45 bits per heavy atom. The summed E-state index contributed by atoms with van der Waals surface area (Å²) in [5, 5.41) is 3.80. The highest BCUT2D eigenvalue weighted by Crippen LogP contribution is 2.31. The first-order valence-corrected chi connectivity index (χ1v) is 9.14. The molecule has 0 aliphatic rings. The molecule has 0 atom stereocenters. The number of rotatable bonds is 7. The number of benzene rings is 2. The lowest BCUT2D eigenvalue weighted by atomic mass is 10.1. The molecule has 2 aromatic carbocycles. The fourth-order valence-electron chi connectivity index (χ4n) is 3.01. The van der Waals surface area contributed by atoms with Gasteiger partial charge < -0.3 is 19.1 Å². The number of esters is 1. The van der Waals surface area contributed by atoms with Crippen molar-refractivity contribution < 1.29 is 28.3 Å². The van der Waals surface area contributed by atoms with E-state index < -0.39 is 17.6 Å². The monoisotopic (exact) mass is 427 g/mol. The largest absolute Gasteiger partial charge is 0.493 e. The molecule has 0 aliphatic carbocycles. The number of aromatic nitrogens is 2. The Labute approximate surface area is 177 Å². The van der Waals surface area contributed by atoms with Gasteiger partial charge in [-0.05, 0) is 30.3 Å². The van der Waals surface area contributed by atoms with Gasteiger partial charge in [0.25, 0.3) is 0 Å². The SMILES string of the molecule is COC(=O)c1ccccc1N(C)C(=O)Cn1c(-c2ccc(OC)c(OC)c2)noc1=O. The van der Waals surface area contributed by atoms with Gasteiger partial charge in [-0.2, -0.15) is 0 Å². The summed E-state index contributed by atoms with van der Waals surface area (Å²) >= 11 is 0. The first-order valence-electron chi connectivity index (χ1n) is 9.14. The summed E-state index contributed by atoms with van der Waals surface area (Å²) in [7, 11) is 5.74. The lowest BCUT2D eigenvalue weighted by molar-refractivity contribution is -0.118. The standard InChI is InChI=1S/C21H21N3O7/c1-23(15-8-6-5-7-14(15)20(26)30-4)18(25)12-24-19(22-31-21(24)27)13-9-10-16(28-2)17(11-13)29-3/h5-11H,12H2,1-4H3. The number of methoxy groups -OCH3 is 3. The topological polar surface area (TPSA) is 113 Å². The fourth-order valence-corrected chi connectivity index (χ4v) is 3.01. The van der Waals surface area contributed by atoms with Crippen molar-refractivity contribution in [1.29, 1.82) is 0 Å². The molecule has 10 nitrogen and oxygen atoms in total. The molecular formula is C21H21N3O7. The highest BCUT2D eigenvalue weighted by atomic mass is 16.5. The minimum Gasteiger partial charge on any atom is -0.493 e. The quantitative estimate of drug-likeness (QED) is 0.526. The van der Waals surface area contributed by atoms with Gasteiger partial charge in [-0.3, -0.25) is 9.32 Å². The number of nitrogens with zero attached hydrogens (tertiary/aromatic N) is 3. The maximum atomic E-state index is 12.9. The molecule has 0 bridgehead atoms. The Hall–Kier alpha value is -4.08. The Bertz CT molecular complexity index is 1170.